The van der Waals surface area contributed by atoms with Gasteiger partial charge in [0, 0.05) is 30.3 Å². The summed E-state index contributed by atoms with van der Waals surface area (Å²) in [6.07, 6.45) is 6.23. The van der Waals surface area contributed by atoms with Gasteiger partial charge < -0.3 is 19.5 Å². The molecule has 0 amide bonds. The van der Waals surface area contributed by atoms with Crippen LogP contribution in [0.25, 0.3) is 6.08 Å². The fraction of sp³-hybridized carbons (Fsp3) is 0.360. The van der Waals surface area contributed by atoms with E-state index < -0.39 is 0 Å². The maximum atomic E-state index is 10.2. The zero-order chi connectivity index (χ0) is 20.4. The molecule has 4 heteroatoms. The van der Waals surface area contributed by atoms with Crippen LogP contribution in [0.4, 0.5) is 0 Å². The molecule has 2 aromatic rings. The summed E-state index contributed by atoms with van der Waals surface area (Å²) in [5.41, 5.74) is 4.39. The maximum absolute atomic E-state index is 10.2. The molecule has 0 saturated carbocycles. The number of fused-ring (bicyclic) bond motifs is 1. The standard InChI is InChI=1S/C25H29NO3/c1-4-20-21(25-13-12-19(27)16-23(25)26(2)15-14-25)10-11-22(28-3)24(20)29-17-18-8-6-5-7-9-18/h4-11,16,19,27H,1,12-15,17H2,2-3H3/t19-,25+/m1/s1. The van der Waals surface area contributed by atoms with Crippen LogP contribution in [0.2, 0.25) is 0 Å². The molecule has 4 rings (SSSR count). The number of ether oxygens (including phenoxy) is 2. The molecular formula is C25H29NO3. The molecular weight excluding hydrogens is 362 g/mol. The predicted octanol–water partition coefficient (Wildman–Crippen LogP) is 4.53. The molecule has 2 aliphatic rings. The quantitative estimate of drug-likeness (QED) is 0.786. The lowest BCUT2D eigenvalue weighted by molar-refractivity contribution is 0.181. The molecule has 152 valence electrons. The Kier molecular flexibility index (Phi) is 5.37. The Morgan fingerprint density at radius 2 is 2.00 bits per heavy atom. The first kappa shape index (κ1) is 19.6. The van der Waals surface area contributed by atoms with E-state index in [1.165, 1.54) is 11.3 Å². The summed E-state index contributed by atoms with van der Waals surface area (Å²) < 4.78 is 11.9. The largest absolute Gasteiger partial charge is 0.493 e. The van der Waals surface area contributed by atoms with Crippen LogP contribution < -0.4 is 9.47 Å². The highest BCUT2D eigenvalue weighted by Gasteiger charge is 2.46. The molecule has 29 heavy (non-hydrogen) atoms. The Labute approximate surface area is 173 Å². The molecule has 1 heterocycles. The summed E-state index contributed by atoms with van der Waals surface area (Å²) in [6.45, 7) is 5.55. The van der Waals surface area contributed by atoms with Crippen molar-refractivity contribution in [3.63, 3.8) is 0 Å². The average molecular weight is 392 g/mol. The van der Waals surface area contributed by atoms with Crippen molar-refractivity contribution >= 4 is 6.08 Å². The molecule has 1 aliphatic heterocycles. The number of methoxy groups -OCH3 is 1. The van der Waals surface area contributed by atoms with E-state index in [9.17, 15) is 5.11 Å². The van der Waals surface area contributed by atoms with Crippen LogP contribution in [-0.2, 0) is 12.0 Å². The molecule has 1 N–H and O–H groups in total. The van der Waals surface area contributed by atoms with Gasteiger partial charge in [0.15, 0.2) is 11.5 Å². The van der Waals surface area contributed by atoms with Crippen molar-refractivity contribution < 1.29 is 14.6 Å². The summed E-state index contributed by atoms with van der Waals surface area (Å²) in [4.78, 5) is 2.27. The Morgan fingerprint density at radius 3 is 2.72 bits per heavy atom. The molecule has 4 nitrogen and oxygen atoms in total. The lowest BCUT2D eigenvalue weighted by Crippen LogP contribution is -2.34. The van der Waals surface area contributed by atoms with E-state index in [1.807, 2.05) is 36.4 Å². The van der Waals surface area contributed by atoms with Crippen molar-refractivity contribution in [1.29, 1.82) is 0 Å². The van der Waals surface area contributed by atoms with Gasteiger partial charge in [-0.3, -0.25) is 0 Å². The van der Waals surface area contributed by atoms with E-state index >= 15 is 0 Å². The summed E-state index contributed by atoms with van der Waals surface area (Å²) >= 11 is 0. The Morgan fingerprint density at radius 1 is 1.21 bits per heavy atom. The number of allylic oxidation sites excluding steroid dienone is 1. The number of hydrogen-bond acceptors (Lipinski definition) is 4. The smallest absolute Gasteiger partial charge is 0.169 e. The highest BCUT2D eigenvalue weighted by atomic mass is 16.5. The van der Waals surface area contributed by atoms with Crippen molar-refractivity contribution in [3.05, 3.63) is 77.5 Å². The normalized spacial score (nSPS) is 23.3. The summed E-state index contributed by atoms with van der Waals surface area (Å²) in [5, 5.41) is 10.2. The number of likely N-dealkylation sites (N-methyl/N-ethyl adjacent to an activating group) is 1. The minimum absolute atomic E-state index is 0.116. The van der Waals surface area contributed by atoms with Crippen LogP contribution >= 0.6 is 0 Å². The van der Waals surface area contributed by atoms with Crippen LogP contribution in [0.1, 0.15) is 36.0 Å². The highest BCUT2D eigenvalue weighted by molar-refractivity contribution is 5.68. The second kappa shape index (κ2) is 7.96. The van der Waals surface area contributed by atoms with Gasteiger partial charge in [-0.2, -0.15) is 0 Å². The highest BCUT2D eigenvalue weighted by Crippen LogP contribution is 2.52. The van der Waals surface area contributed by atoms with E-state index in [1.54, 1.807) is 7.11 Å². The number of benzene rings is 2. The SMILES string of the molecule is C=Cc1c([C@@]23CC[C@@H](O)C=C2N(C)CC3)ccc(OC)c1OCc1ccccc1. The van der Waals surface area contributed by atoms with Crippen molar-refractivity contribution in [3.8, 4) is 11.5 Å². The second-order valence-electron chi connectivity index (χ2n) is 7.95. The Balaban J connectivity index is 1.79. The summed E-state index contributed by atoms with van der Waals surface area (Å²) in [5.74, 6) is 1.45. The number of nitrogens with zero attached hydrogens (tertiary/aromatic N) is 1. The van der Waals surface area contributed by atoms with E-state index in [0.29, 0.717) is 12.4 Å². The number of rotatable bonds is 6. The third-order valence-electron chi connectivity index (χ3n) is 6.32. The molecule has 1 aliphatic carbocycles. The molecule has 1 fully saturated rings. The van der Waals surface area contributed by atoms with Gasteiger partial charge in [0.2, 0.25) is 0 Å². The van der Waals surface area contributed by atoms with E-state index in [-0.39, 0.29) is 11.5 Å². The average Bonchev–Trinajstić information content (AvgIpc) is 3.09. The van der Waals surface area contributed by atoms with Crippen LogP contribution in [-0.4, -0.2) is 36.8 Å². The second-order valence-corrected chi connectivity index (χ2v) is 7.95. The van der Waals surface area contributed by atoms with Crippen LogP contribution in [0.15, 0.2) is 60.8 Å². The Bertz CT molecular complexity index is 921. The molecule has 2 atom stereocenters. The minimum atomic E-state index is -0.377. The number of aliphatic hydroxyl groups excluding tert-OH is 1. The first-order valence-electron chi connectivity index (χ1n) is 10.2. The number of aliphatic hydroxyl groups is 1. The fourth-order valence-corrected chi connectivity index (χ4v) is 4.82. The molecule has 0 aromatic heterocycles. The van der Waals surface area contributed by atoms with Gasteiger partial charge in [0.05, 0.1) is 13.2 Å². The topological polar surface area (TPSA) is 41.9 Å². The van der Waals surface area contributed by atoms with Gasteiger partial charge in [-0.05, 0) is 42.5 Å². The lowest BCUT2D eigenvalue weighted by atomic mass is 9.68. The van der Waals surface area contributed by atoms with Crippen LogP contribution in [0.3, 0.4) is 0 Å². The third kappa shape index (κ3) is 3.42. The van der Waals surface area contributed by atoms with Gasteiger partial charge in [0.1, 0.15) is 6.61 Å². The van der Waals surface area contributed by atoms with E-state index in [4.69, 9.17) is 9.47 Å². The molecule has 0 radical (unpaired) electrons. The first-order valence-corrected chi connectivity index (χ1v) is 10.2. The summed E-state index contributed by atoms with van der Waals surface area (Å²) in [6, 6.07) is 14.3. The van der Waals surface area contributed by atoms with Crippen molar-refractivity contribution in [1.82, 2.24) is 4.90 Å². The van der Waals surface area contributed by atoms with Gasteiger partial charge in [0.25, 0.3) is 0 Å². The van der Waals surface area contributed by atoms with Crippen LogP contribution in [0, 0.1) is 0 Å². The van der Waals surface area contributed by atoms with E-state index in [0.717, 1.165) is 42.7 Å². The fourth-order valence-electron chi connectivity index (χ4n) is 4.82. The summed E-state index contributed by atoms with van der Waals surface area (Å²) in [7, 11) is 3.77. The molecule has 0 bridgehead atoms. The van der Waals surface area contributed by atoms with Crippen molar-refractivity contribution in [2.75, 3.05) is 20.7 Å². The van der Waals surface area contributed by atoms with Gasteiger partial charge in [-0.15, -0.1) is 0 Å². The number of hydrogen-bond donors (Lipinski definition) is 1. The van der Waals surface area contributed by atoms with Crippen LogP contribution in [0.5, 0.6) is 11.5 Å². The molecule has 2 aromatic carbocycles. The first-order chi connectivity index (χ1) is 14.1. The van der Waals surface area contributed by atoms with E-state index in [2.05, 4.69) is 36.7 Å². The third-order valence-corrected chi connectivity index (χ3v) is 6.32. The Hall–Kier alpha value is -2.72. The van der Waals surface area contributed by atoms with Crippen molar-refractivity contribution in [2.24, 2.45) is 0 Å². The molecule has 1 saturated heterocycles. The van der Waals surface area contributed by atoms with Crippen molar-refractivity contribution in [2.45, 2.75) is 37.4 Å². The monoisotopic (exact) mass is 391 g/mol. The van der Waals surface area contributed by atoms with Gasteiger partial charge in [-0.25, -0.2) is 0 Å². The zero-order valence-corrected chi connectivity index (χ0v) is 17.2. The lowest BCUT2D eigenvalue weighted by Gasteiger charge is -2.38. The molecule has 0 unspecified atom stereocenters. The number of likely N-dealkylation sites (tertiary alicyclic amines) is 1. The predicted molar refractivity (Wildman–Crippen MR) is 116 cm³/mol. The maximum Gasteiger partial charge on any atom is 0.169 e. The van der Waals surface area contributed by atoms with Gasteiger partial charge in [-0.1, -0.05) is 49.1 Å². The molecule has 0 spiro atoms. The minimum Gasteiger partial charge on any atom is -0.493 e. The van der Waals surface area contributed by atoms with Gasteiger partial charge >= 0.3 is 0 Å². The zero-order valence-electron chi connectivity index (χ0n) is 17.2.